The maximum atomic E-state index is 12.6. The van der Waals surface area contributed by atoms with E-state index >= 15 is 0 Å². The van der Waals surface area contributed by atoms with Gasteiger partial charge in [-0.15, -0.1) is 5.10 Å². The molecule has 0 bridgehead atoms. The summed E-state index contributed by atoms with van der Waals surface area (Å²) in [5, 5.41) is 14.9. The minimum Gasteiger partial charge on any atom is -0.337 e. The van der Waals surface area contributed by atoms with E-state index in [4.69, 9.17) is 4.52 Å². The average Bonchev–Trinajstić information content (AvgIpc) is 3.41. The molecule has 0 saturated heterocycles. The molecule has 28 heavy (non-hydrogen) atoms. The third-order valence-corrected chi connectivity index (χ3v) is 4.02. The molecule has 0 unspecified atom stereocenters. The molecule has 1 aromatic carbocycles. The Kier molecular flexibility index (Phi) is 4.83. The normalized spacial score (nSPS) is 10.8. The minimum atomic E-state index is -0.147. The molecule has 0 aliphatic heterocycles. The Bertz CT molecular complexity index is 1040. The number of hydrogen-bond donors (Lipinski definition) is 0. The lowest BCUT2D eigenvalue weighted by atomic mass is 10.1. The van der Waals surface area contributed by atoms with Crippen molar-refractivity contribution >= 4 is 5.91 Å². The minimum absolute atomic E-state index is 0.147. The molecule has 0 aliphatic rings. The second-order valence-corrected chi connectivity index (χ2v) is 6.09. The van der Waals surface area contributed by atoms with Crippen LogP contribution in [0.15, 0.2) is 59.5 Å². The van der Waals surface area contributed by atoms with Gasteiger partial charge in [-0.25, -0.2) is 4.68 Å². The predicted octanol–water partition coefficient (Wildman–Crippen LogP) is 1.44. The number of nitrogens with zero attached hydrogens (tertiary/aromatic N) is 8. The maximum Gasteiger partial charge on any atom is 0.254 e. The number of carbonyl (C=O) groups excluding carboxylic acids is 1. The zero-order valence-corrected chi connectivity index (χ0v) is 15.0. The summed E-state index contributed by atoms with van der Waals surface area (Å²) in [5.74, 6) is 0.585. The second kappa shape index (κ2) is 7.74. The van der Waals surface area contributed by atoms with Crippen molar-refractivity contribution in [2.24, 2.45) is 0 Å². The quantitative estimate of drug-likeness (QED) is 0.496. The lowest BCUT2D eigenvalue weighted by Crippen LogP contribution is -2.26. The SMILES string of the molecule is CN(Cc1nc(-c2ccccn2)no1)C(=O)c1ccc(Cn2cnnn2)cc1. The molecule has 0 N–H and O–H groups in total. The van der Waals surface area contributed by atoms with Crippen LogP contribution in [0.4, 0.5) is 0 Å². The first-order valence-electron chi connectivity index (χ1n) is 8.48. The Morgan fingerprint density at radius 2 is 2.04 bits per heavy atom. The number of benzene rings is 1. The first kappa shape index (κ1) is 17.5. The van der Waals surface area contributed by atoms with Gasteiger partial charge in [0.25, 0.3) is 5.91 Å². The van der Waals surface area contributed by atoms with Crippen molar-refractivity contribution in [2.45, 2.75) is 13.1 Å². The van der Waals surface area contributed by atoms with Crippen LogP contribution in [0.2, 0.25) is 0 Å². The Balaban J connectivity index is 1.40. The number of aromatic nitrogens is 7. The van der Waals surface area contributed by atoms with Crippen LogP contribution in [0, 0.1) is 0 Å². The smallest absolute Gasteiger partial charge is 0.254 e. The molecule has 0 fully saturated rings. The highest BCUT2D eigenvalue weighted by atomic mass is 16.5. The van der Waals surface area contributed by atoms with Crippen LogP contribution in [-0.4, -0.2) is 53.2 Å². The van der Waals surface area contributed by atoms with Gasteiger partial charge in [-0.2, -0.15) is 4.98 Å². The monoisotopic (exact) mass is 376 g/mol. The number of amides is 1. The van der Waals surface area contributed by atoms with E-state index in [1.54, 1.807) is 36.1 Å². The van der Waals surface area contributed by atoms with E-state index in [1.807, 2.05) is 24.3 Å². The van der Waals surface area contributed by atoms with Gasteiger partial charge in [-0.05, 0) is 40.3 Å². The van der Waals surface area contributed by atoms with Gasteiger partial charge in [-0.3, -0.25) is 9.78 Å². The summed E-state index contributed by atoms with van der Waals surface area (Å²) in [4.78, 5) is 22.6. The van der Waals surface area contributed by atoms with E-state index in [2.05, 4.69) is 30.7 Å². The van der Waals surface area contributed by atoms with Gasteiger partial charge < -0.3 is 9.42 Å². The molecule has 0 aliphatic carbocycles. The van der Waals surface area contributed by atoms with Crippen molar-refractivity contribution < 1.29 is 9.32 Å². The fraction of sp³-hybridized carbons (Fsp3) is 0.167. The first-order valence-corrected chi connectivity index (χ1v) is 8.48. The standard InChI is InChI=1S/C18H16N8O2/c1-25(11-16-21-17(22-28-16)15-4-2-3-9-19-15)18(27)14-7-5-13(6-8-14)10-26-12-20-23-24-26/h2-9,12H,10-11H2,1H3. The Labute approximate surface area is 159 Å². The van der Waals surface area contributed by atoms with Crippen LogP contribution in [0.25, 0.3) is 11.5 Å². The average molecular weight is 376 g/mol. The first-order chi connectivity index (χ1) is 13.7. The number of pyridine rings is 1. The molecule has 0 atom stereocenters. The van der Waals surface area contributed by atoms with E-state index in [9.17, 15) is 4.79 Å². The topological polar surface area (TPSA) is 116 Å². The molecule has 3 heterocycles. The van der Waals surface area contributed by atoms with E-state index < -0.39 is 0 Å². The van der Waals surface area contributed by atoms with E-state index in [-0.39, 0.29) is 12.5 Å². The third-order valence-electron chi connectivity index (χ3n) is 4.02. The summed E-state index contributed by atoms with van der Waals surface area (Å²) < 4.78 is 6.85. The van der Waals surface area contributed by atoms with Crippen molar-refractivity contribution in [3.8, 4) is 11.5 Å². The van der Waals surface area contributed by atoms with Crippen molar-refractivity contribution in [2.75, 3.05) is 7.05 Å². The molecule has 0 saturated carbocycles. The predicted molar refractivity (Wildman–Crippen MR) is 96.7 cm³/mol. The Hall–Kier alpha value is -3.95. The second-order valence-electron chi connectivity index (χ2n) is 6.09. The maximum absolute atomic E-state index is 12.6. The molecule has 1 amide bonds. The molecule has 140 valence electrons. The van der Waals surface area contributed by atoms with Gasteiger partial charge in [0.05, 0.1) is 13.1 Å². The zero-order valence-electron chi connectivity index (χ0n) is 15.0. The molecule has 4 rings (SSSR count). The van der Waals surface area contributed by atoms with E-state index in [0.29, 0.717) is 29.5 Å². The molecule has 0 spiro atoms. The fourth-order valence-electron chi connectivity index (χ4n) is 2.61. The summed E-state index contributed by atoms with van der Waals surface area (Å²) >= 11 is 0. The van der Waals surface area contributed by atoms with Gasteiger partial charge in [0.15, 0.2) is 0 Å². The highest BCUT2D eigenvalue weighted by Crippen LogP contribution is 2.14. The lowest BCUT2D eigenvalue weighted by molar-refractivity contribution is 0.0769. The van der Waals surface area contributed by atoms with E-state index in [1.165, 1.54) is 11.2 Å². The van der Waals surface area contributed by atoms with Crippen molar-refractivity contribution in [1.82, 2.24) is 40.2 Å². The summed E-state index contributed by atoms with van der Waals surface area (Å²) in [6.45, 7) is 0.737. The van der Waals surface area contributed by atoms with Crippen LogP contribution in [0.5, 0.6) is 0 Å². The lowest BCUT2D eigenvalue weighted by Gasteiger charge is -2.15. The van der Waals surface area contributed by atoms with Crippen LogP contribution in [0.1, 0.15) is 21.8 Å². The highest BCUT2D eigenvalue weighted by molar-refractivity contribution is 5.94. The highest BCUT2D eigenvalue weighted by Gasteiger charge is 2.16. The van der Waals surface area contributed by atoms with Gasteiger partial charge in [0, 0.05) is 18.8 Å². The van der Waals surface area contributed by atoms with Gasteiger partial charge >= 0.3 is 0 Å². The number of hydrogen-bond acceptors (Lipinski definition) is 8. The van der Waals surface area contributed by atoms with Gasteiger partial charge in [-0.1, -0.05) is 23.4 Å². The number of tetrazole rings is 1. The number of carbonyl (C=O) groups is 1. The van der Waals surface area contributed by atoms with Crippen LogP contribution < -0.4 is 0 Å². The summed E-state index contributed by atoms with van der Waals surface area (Å²) in [7, 11) is 1.68. The van der Waals surface area contributed by atoms with Gasteiger partial charge in [0.1, 0.15) is 12.0 Å². The van der Waals surface area contributed by atoms with E-state index in [0.717, 1.165) is 5.56 Å². The van der Waals surface area contributed by atoms with Crippen molar-refractivity contribution in [3.63, 3.8) is 0 Å². The third kappa shape index (κ3) is 3.90. The largest absolute Gasteiger partial charge is 0.337 e. The molecule has 10 nitrogen and oxygen atoms in total. The summed E-state index contributed by atoms with van der Waals surface area (Å²) in [6.07, 6.45) is 3.19. The molecule has 0 radical (unpaired) electrons. The molecule has 10 heteroatoms. The van der Waals surface area contributed by atoms with Crippen molar-refractivity contribution in [3.05, 3.63) is 72.0 Å². The molecular weight excluding hydrogens is 360 g/mol. The molecule has 4 aromatic rings. The summed E-state index contributed by atoms with van der Waals surface area (Å²) in [6, 6.07) is 12.7. The molecule has 3 aromatic heterocycles. The van der Waals surface area contributed by atoms with Crippen LogP contribution in [0.3, 0.4) is 0 Å². The summed E-state index contributed by atoms with van der Waals surface area (Å²) in [5.41, 5.74) is 2.17. The van der Waals surface area contributed by atoms with Crippen molar-refractivity contribution in [1.29, 1.82) is 0 Å². The Morgan fingerprint density at radius 3 is 2.75 bits per heavy atom. The zero-order chi connectivity index (χ0) is 19.3. The van der Waals surface area contributed by atoms with Crippen LogP contribution in [-0.2, 0) is 13.1 Å². The Morgan fingerprint density at radius 1 is 1.18 bits per heavy atom. The fourth-order valence-corrected chi connectivity index (χ4v) is 2.61. The number of rotatable bonds is 6. The van der Waals surface area contributed by atoms with Crippen LogP contribution >= 0.6 is 0 Å². The molecular formula is C18H16N8O2. The van der Waals surface area contributed by atoms with Gasteiger partial charge in [0.2, 0.25) is 11.7 Å².